The summed E-state index contributed by atoms with van der Waals surface area (Å²) in [5.41, 5.74) is 1.41. The summed E-state index contributed by atoms with van der Waals surface area (Å²) in [5.74, 6) is 6.55. The molecular formula is C16H20ClNO2. The van der Waals surface area contributed by atoms with Crippen LogP contribution in [0.2, 0.25) is 0 Å². The van der Waals surface area contributed by atoms with Gasteiger partial charge in [0.15, 0.2) is 0 Å². The second kappa shape index (κ2) is 7.81. The Hall–Kier alpha value is -1.66. The van der Waals surface area contributed by atoms with Crippen LogP contribution in [0.1, 0.15) is 38.3 Å². The number of rotatable bonds is 3. The Bertz CT molecular complexity index is 509. The molecule has 0 unspecified atom stereocenters. The minimum absolute atomic E-state index is 0.417. The average Bonchev–Trinajstić information content (AvgIpc) is 2.35. The topological polar surface area (TPSA) is 38.3 Å². The van der Waals surface area contributed by atoms with Crippen LogP contribution in [-0.2, 0) is 11.3 Å². The van der Waals surface area contributed by atoms with E-state index in [9.17, 15) is 4.79 Å². The van der Waals surface area contributed by atoms with Crippen molar-refractivity contribution in [2.24, 2.45) is 0 Å². The molecule has 3 nitrogen and oxygen atoms in total. The van der Waals surface area contributed by atoms with Gasteiger partial charge in [0.05, 0.1) is 0 Å². The van der Waals surface area contributed by atoms with Crippen LogP contribution >= 0.6 is 11.6 Å². The summed E-state index contributed by atoms with van der Waals surface area (Å²) in [6.07, 6.45) is 0.248. The van der Waals surface area contributed by atoms with E-state index < -0.39 is 11.7 Å². The van der Waals surface area contributed by atoms with E-state index in [1.54, 1.807) is 0 Å². The molecule has 4 heteroatoms. The maximum Gasteiger partial charge on any atom is 0.407 e. The lowest BCUT2D eigenvalue weighted by Gasteiger charge is -2.19. The first-order valence-corrected chi connectivity index (χ1v) is 7.05. The van der Waals surface area contributed by atoms with Gasteiger partial charge in [-0.2, -0.15) is 0 Å². The predicted octanol–water partition coefficient (Wildman–Crippen LogP) is 3.69. The number of amides is 1. The van der Waals surface area contributed by atoms with E-state index in [0.29, 0.717) is 18.8 Å². The monoisotopic (exact) mass is 293 g/mol. The number of benzene rings is 1. The summed E-state index contributed by atoms with van der Waals surface area (Å²) < 4.78 is 5.18. The quantitative estimate of drug-likeness (QED) is 0.682. The zero-order chi connectivity index (χ0) is 15.0. The van der Waals surface area contributed by atoms with E-state index in [0.717, 1.165) is 11.1 Å². The molecule has 1 N–H and O–H groups in total. The standard InChI is InChI=1S/C16H20ClNO2/c1-16(2,3)20-15(19)18-12-14-9-6-8-13(11-14)7-4-5-10-17/h6,8-9,11H,5,10,12H2,1-3H3,(H,18,19). The summed E-state index contributed by atoms with van der Waals surface area (Å²) >= 11 is 5.57. The van der Waals surface area contributed by atoms with E-state index in [1.807, 2.05) is 45.0 Å². The minimum Gasteiger partial charge on any atom is -0.444 e. The van der Waals surface area contributed by atoms with Crippen LogP contribution in [0.3, 0.4) is 0 Å². The summed E-state index contributed by atoms with van der Waals surface area (Å²) in [6.45, 7) is 5.92. The molecule has 1 aromatic rings. The number of nitrogens with one attached hydrogen (secondary N) is 1. The van der Waals surface area contributed by atoms with Crippen molar-refractivity contribution in [1.29, 1.82) is 0 Å². The van der Waals surface area contributed by atoms with Crippen molar-refractivity contribution >= 4 is 17.7 Å². The van der Waals surface area contributed by atoms with Crippen LogP contribution in [0.5, 0.6) is 0 Å². The molecule has 0 aliphatic heterocycles. The van der Waals surface area contributed by atoms with Gasteiger partial charge in [-0.1, -0.05) is 24.0 Å². The van der Waals surface area contributed by atoms with Crippen molar-refractivity contribution in [3.05, 3.63) is 35.4 Å². The molecule has 0 atom stereocenters. The maximum absolute atomic E-state index is 11.6. The number of alkyl halides is 1. The molecular weight excluding hydrogens is 274 g/mol. The fourth-order valence-corrected chi connectivity index (χ4v) is 1.55. The SMILES string of the molecule is CC(C)(C)OC(=O)NCc1cccc(C#CCCCl)c1. The number of carbonyl (C=O) groups excluding carboxylic acids is 1. The molecule has 0 aliphatic carbocycles. The molecule has 0 radical (unpaired) electrons. The lowest BCUT2D eigenvalue weighted by Crippen LogP contribution is -2.32. The van der Waals surface area contributed by atoms with Gasteiger partial charge in [0.2, 0.25) is 0 Å². The van der Waals surface area contributed by atoms with Gasteiger partial charge in [-0.3, -0.25) is 0 Å². The van der Waals surface area contributed by atoms with Crippen LogP contribution in [0.15, 0.2) is 24.3 Å². The number of ether oxygens (including phenoxy) is 1. The summed E-state index contributed by atoms with van der Waals surface area (Å²) in [4.78, 5) is 11.6. The first kappa shape index (κ1) is 16.4. The lowest BCUT2D eigenvalue weighted by atomic mass is 10.1. The van der Waals surface area contributed by atoms with Crippen molar-refractivity contribution in [1.82, 2.24) is 5.32 Å². The number of hydrogen-bond donors (Lipinski definition) is 1. The normalized spacial score (nSPS) is 10.4. The third-order valence-electron chi connectivity index (χ3n) is 2.21. The highest BCUT2D eigenvalue weighted by Crippen LogP contribution is 2.08. The molecule has 0 spiro atoms. The molecule has 0 saturated carbocycles. The summed E-state index contributed by atoms with van der Waals surface area (Å²) in [7, 11) is 0. The second-order valence-corrected chi connectivity index (χ2v) is 5.67. The Morgan fingerprint density at radius 3 is 2.80 bits per heavy atom. The minimum atomic E-state index is -0.487. The van der Waals surface area contributed by atoms with E-state index >= 15 is 0 Å². The first-order valence-electron chi connectivity index (χ1n) is 6.51. The highest BCUT2D eigenvalue weighted by molar-refractivity contribution is 6.18. The average molecular weight is 294 g/mol. The second-order valence-electron chi connectivity index (χ2n) is 5.30. The zero-order valence-electron chi connectivity index (χ0n) is 12.1. The fraction of sp³-hybridized carbons (Fsp3) is 0.438. The molecule has 108 valence electrons. The molecule has 0 bridgehead atoms. The van der Waals surface area contributed by atoms with Crippen LogP contribution < -0.4 is 5.32 Å². The third-order valence-corrected chi connectivity index (χ3v) is 2.40. The van der Waals surface area contributed by atoms with Gasteiger partial charge in [-0.25, -0.2) is 4.79 Å². The number of alkyl carbamates (subject to hydrolysis) is 1. The molecule has 20 heavy (non-hydrogen) atoms. The Balaban J connectivity index is 2.55. The zero-order valence-corrected chi connectivity index (χ0v) is 12.9. The van der Waals surface area contributed by atoms with E-state index in [1.165, 1.54) is 0 Å². The molecule has 0 fully saturated rings. The van der Waals surface area contributed by atoms with Crippen molar-refractivity contribution in [3.63, 3.8) is 0 Å². The number of halogens is 1. The molecule has 1 amide bonds. The molecule has 0 heterocycles. The molecule has 0 aromatic heterocycles. The van der Waals surface area contributed by atoms with Crippen molar-refractivity contribution in [2.75, 3.05) is 5.88 Å². The van der Waals surface area contributed by atoms with Crippen LogP contribution in [0.4, 0.5) is 4.79 Å². The Kier molecular flexibility index (Phi) is 6.41. The van der Waals surface area contributed by atoms with Gasteiger partial charge in [0, 0.05) is 24.4 Å². The largest absolute Gasteiger partial charge is 0.444 e. The van der Waals surface area contributed by atoms with Gasteiger partial charge in [-0.15, -0.1) is 11.6 Å². The van der Waals surface area contributed by atoms with Gasteiger partial charge >= 0.3 is 6.09 Å². The fourth-order valence-electron chi connectivity index (χ4n) is 1.46. The molecule has 1 rings (SSSR count). The van der Waals surface area contributed by atoms with E-state index in [2.05, 4.69) is 17.2 Å². The maximum atomic E-state index is 11.6. The van der Waals surface area contributed by atoms with Crippen LogP contribution in [0, 0.1) is 11.8 Å². The van der Waals surface area contributed by atoms with Gasteiger partial charge < -0.3 is 10.1 Å². The van der Waals surface area contributed by atoms with Crippen LogP contribution in [0.25, 0.3) is 0 Å². The van der Waals surface area contributed by atoms with Crippen molar-refractivity contribution in [2.45, 2.75) is 39.3 Å². The summed E-state index contributed by atoms with van der Waals surface area (Å²) in [5, 5.41) is 2.72. The first-order chi connectivity index (χ1) is 9.40. The molecule has 0 saturated heterocycles. The predicted molar refractivity (Wildman–Crippen MR) is 81.7 cm³/mol. The lowest BCUT2D eigenvalue weighted by molar-refractivity contribution is 0.0523. The van der Waals surface area contributed by atoms with Crippen molar-refractivity contribution in [3.8, 4) is 11.8 Å². The number of carbonyl (C=O) groups is 1. The van der Waals surface area contributed by atoms with Gasteiger partial charge in [0.1, 0.15) is 5.60 Å². The Labute approximate surface area is 125 Å². The number of hydrogen-bond acceptors (Lipinski definition) is 2. The van der Waals surface area contributed by atoms with E-state index in [-0.39, 0.29) is 0 Å². The van der Waals surface area contributed by atoms with Crippen LogP contribution in [-0.4, -0.2) is 17.6 Å². The highest BCUT2D eigenvalue weighted by Gasteiger charge is 2.15. The third kappa shape index (κ3) is 7.06. The molecule has 1 aromatic carbocycles. The van der Waals surface area contributed by atoms with Gasteiger partial charge in [0.25, 0.3) is 0 Å². The Morgan fingerprint density at radius 2 is 2.15 bits per heavy atom. The molecule has 0 aliphatic rings. The highest BCUT2D eigenvalue weighted by atomic mass is 35.5. The smallest absolute Gasteiger partial charge is 0.407 e. The summed E-state index contributed by atoms with van der Waals surface area (Å²) in [6, 6.07) is 7.72. The Morgan fingerprint density at radius 1 is 1.40 bits per heavy atom. The van der Waals surface area contributed by atoms with E-state index in [4.69, 9.17) is 16.3 Å². The van der Waals surface area contributed by atoms with Gasteiger partial charge in [-0.05, 0) is 38.5 Å². The van der Waals surface area contributed by atoms with Crippen molar-refractivity contribution < 1.29 is 9.53 Å².